The minimum atomic E-state index is -3.51. The molecule has 0 saturated carbocycles. The molecule has 3 aromatic carbocycles. The van der Waals surface area contributed by atoms with Crippen molar-refractivity contribution in [2.24, 2.45) is 0 Å². The summed E-state index contributed by atoms with van der Waals surface area (Å²) in [5, 5.41) is 2.46. The minimum Gasteiger partial charge on any atom is -0.322 e. The molecule has 0 bridgehead atoms. The van der Waals surface area contributed by atoms with Gasteiger partial charge in [0, 0.05) is 12.2 Å². The maximum absolute atomic E-state index is 14.0. The first kappa shape index (κ1) is 22.9. The molecule has 0 heterocycles. The van der Waals surface area contributed by atoms with Gasteiger partial charge in [0.1, 0.15) is 0 Å². The molecule has 0 saturated heterocycles. The molecule has 0 spiro atoms. The highest BCUT2D eigenvalue weighted by Crippen LogP contribution is 2.19. The van der Waals surface area contributed by atoms with Gasteiger partial charge in [-0.1, -0.05) is 48.0 Å². The summed E-state index contributed by atoms with van der Waals surface area (Å²) in [5.41, 5.74) is 3.89. The molecule has 3 rings (SSSR count). The van der Waals surface area contributed by atoms with Gasteiger partial charge in [-0.15, -0.1) is 0 Å². The predicted molar refractivity (Wildman–Crippen MR) is 121 cm³/mol. The molecule has 0 aromatic heterocycles. The summed E-state index contributed by atoms with van der Waals surface area (Å²) in [6, 6.07) is 16.4. The predicted octanol–water partition coefficient (Wildman–Crippen LogP) is 4.97. The number of nitrogens with one attached hydrogen (secondary N) is 2. The first-order valence-electron chi connectivity index (χ1n) is 9.52. The number of carbonyl (C=O) groups excluding carboxylic acids is 1. The third kappa shape index (κ3) is 6.13. The van der Waals surface area contributed by atoms with Crippen LogP contribution in [-0.4, -0.2) is 14.3 Å². The van der Waals surface area contributed by atoms with Crippen LogP contribution in [0.2, 0.25) is 5.02 Å². The molecular weight excluding hydrogens is 439 g/mol. The Morgan fingerprint density at radius 3 is 2.32 bits per heavy atom. The van der Waals surface area contributed by atoms with Gasteiger partial charge < -0.3 is 5.32 Å². The zero-order chi connectivity index (χ0) is 22.6. The summed E-state index contributed by atoms with van der Waals surface area (Å²) in [7, 11) is -3.51. The Morgan fingerprint density at radius 1 is 0.968 bits per heavy atom. The van der Waals surface area contributed by atoms with E-state index < -0.39 is 21.7 Å². The fraction of sp³-hybridized carbons (Fsp3) is 0.174. The number of sulfonamides is 1. The van der Waals surface area contributed by atoms with Gasteiger partial charge in [0.05, 0.1) is 16.3 Å². The zero-order valence-corrected chi connectivity index (χ0v) is 18.6. The molecule has 162 valence electrons. The highest BCUT2D eigenvalue weighted by Gasteiger charge is 2.15. The van der Waals surface area contributed by atoms with Gasteiger partial charge in [0.25, 0.3) is 5.91 Å². The van der Waals surface area contributed by atoms with Crippen molar-refractivity contribution in [2.45, 2.75) is 26.1 Å². The van der Waals surface area contributed by atoms with Crippen LogP contribution in [0.4, 0.5) is 10.1 Å². The van der Waals surface area contributed by atoms with E-state index in [1.165, 1.54) is 18.2 Å². The van der Waals surface area contributed by atoms with E-state index in [1.807, 2.05) is 32.0 Å². The second-order valence-corrected chi connectivity index (χ2v) is 9.47. The number of anilines is 1. The van der Waals surface area contributed by atoms with Gasteiger partial charge in [-0.3, -0.25) is 4.79 Å². The standard InChI is InChI=1S/C23H22ClFN2O3S/c1-15-6-7-18(12-16(15)2)14-31(29,30)26-13-17-8-10-19(11-9-17)27-23(28)20-4-3-5-21(24)22(20)25/h3-12,26H,13-14H2,1-2H3,(H,27,28). The van der Waals surface area contributed by atoms with E-state index in [9.17, 15) is 17.6 Å². The van der Waals surface area contributed by atoms with Crippen molar-refractivity contribution >= 4 is 33.2 Å². The van der Waals surface area contributed by atoms with Crippen LogP contribution in [0.3, 0.4) is 0 Å². The first-order chi connectivity index (χ1) is 14.6. The summed E-state index contributed by atoms with van der Waals surface area (Å²) in [4.78, 5) is 12.2. The lowest BCUT2D eigenvalue weighted by Crippen LogP contribution is -2.24. The van der Waals surface area contributed by atoms with Crippen molar-refractivity contribution in [3.05, 3.63) is 99.3 Å². The molecule has 0 aliphatic rings. The highest BCUT2D eigenvalue weighted by atomic mass is 35.5. The first-order valence-corrected chi connectivity index (χ1v) is 11.6. The van der Waals surface area contributed by atoms with Crippen molar-refractivity contribution in [1.29, 1.82) is 0 Å². The Hall–Kier alpha value is -2.74. The SMILES string of the molecule is Cc1ccc(CS(=O)(=O)NCc2ccc(NC(=O)c3cccc(Cl)c3F)cc2)cc1C. The summed E-state index contributed by atoms with van der Waals surface area (Å²) in [5.74, 6) is -1.51. The number of benzene rings is 3. The fourth-order valence-corrected chi connectivity index (χ4v) is 4.22. The van der Waals surface area contributed by atoms with Crippen LogP contribution >= 0.6 is 11.6 Å². The average Bonchev–Trinajstić information content (AvgIpc) is 2.72. The molecule has 8 heteroatoms. The van der Waals surface area contributed by atoms with Crippen LogP contribution in [0.5, 0.6) is 0 Å². The van der Waals surface area contributed by atoms with Crippen LogP contribution in [-0.2, 0) is 22.3 Å². The Kier molecular flexibility index (Phi) is 7.10. The third-order valence-electron chi connectivity index (χ3n) is 4.83. The van der Waals surface area contributed by atoms with Crippen LogP contribution < -0.4 is 10.0 Å². The molecule has 0 atom stereocenters. The van der Waals surface area contributed by atoms with E-state index in [0.29, 0.717) is 5.69 Å². The Balaban J connectivity index is 1.59. The van der Waals surface area contributed by atoms with E-state index in [2.05, 4.69) is 10.0 Å². The van der Waals surface area contributed by atoms with Crippen LogP contribution in [0.25, 0.3) is 0 Å². The maximum atomic E-state index is 14.0. The van der Waals surface area contributed by atoms with Crippen LogP contribution in [0, 0.1) is 19.7 Å². The topological polar surface area (TPSA) is 75.3 Å². The molecule has 0 fully saturated rings. The summed E-state index contributed by atoms with van der Waals surface area (Å²) >= 11 is 5.71. The fourth-order valence-electron chi connectivity index (χ4n) is 2.94. The average molecular weight is 461 g/mol. The largest absolute Gasteiger partial charge is 0.322 e. The van der Waals surface area contributed by atoms with Crippen molar-refractivity contribution in [1.82, 2.24) is 4.72 Å². The van der Waals surface area contributed by atoms with E-state index in [0.717, 1.165) is 22.3 Å². The Morgan fingerprint density at radius 2 is 1.65 bits per heavy atom. The minimum absolute atomic E-state index is 0.104. The van der Waals surface area contributed by atoms with Crippen molar-refractivity contribution in [2.75, 3.05) is 5.32 Å². The lowest BCUT2D eigenvalue weighted by atomic mass is 10.1. The molecule has 5 nitrogen and oxygen atoms in total. The number of amides is 1. The van der Waals surface area contributed by atoms with Gasteiger partial charge >= 0.3 is 0 Å². The number of rotatable bonds is 7. The lowest BCUT2D eigenvalue weighted by Gasteiger charge is -2.10. The Bertz CT molecular complexity index is 1210. The number of halogens is 2. The van der Waals surface area contributed by atoms with Crippen molar-refractivity contribution in [3.63, 3.8) is 0 Å². The molecule has 0 aliphatic heterocycles. The summed E-state index contributed by atoms with van der Waals surface area (Å²) in [6.07, 6.45) is 0. The van der Waals surface area contributed by atoms with E-state index in [1.54, 1.807) is 24.3 Å². The molecule has 2 N–H and O–H groups in total. The normalized spacial score (nSPS) is 11.4. The second-order valence-electron chi connectivity index (χ2n) is 7.25. The number of hydrogen-bond donors (Lipinski definition) is 2. The lowest BCUT2D eigenvalue weighted by molar-refractivity contribution is 0.102. The van der Waals surface area contributed by atoms with Crippen LogP contribution in [0.15, 0.2) is 60.7 Å². The molecular formula is C23H22ClFN2O3S. The van der Waals surface area contributed by atoms with Gasteiger partial charge in [-0.05, 0) is 60.4 Å². The molecule has 0 aliphatic carbocycles. The number of aryl methyl sites for hydroxylation is 2. The van der Waals surface area contributed by atoms with Crippen molar-refractivity contribution in [3.8, 4) is 0 Å². The smallest absolute Gasteiger partial charge is 0.258 e. The Labute approximate surface area is 186 Å². The van der Waals surface area contributed by atoms with Gasteiger partial charge in [0.2, 0.25) is 10.0 Å². The summed E-state index contributed by atoms with van der Waals surface area (Å²) < 4.78 is 41.3. The monoisotopic (exact) mass is 460 g/mol. The molecule has 3 aromatic rings. The van der Waals surface area contributed by atoms with E-state index in [4.69, 9.17) is 11.6 Å². The highest BCUT2D eigenvalue weighted by molar-refractivity contribution is 7.88. The van der Waals surface area contributed by atoms with Crippen molar-refractivity contribution < 1.29 is 17.6 Å². The molecule has 0 unspecified atom stereocenters. The molecule has 0 radical (unpaired) electrons. The molecule has 31 heavy (non-hydrogen) atoms. The van der Waals surface area contributed by atoms with Gasteiger partial charge in [0.15, 0.2) is 5.82 Å². The third-order valence-corrected chi connectivity index (χ3v) is 6.42. The molecule has 1 amide bonds. The zero-order valence-electron chi connectivity index (χ0n) is 17.1. The van der Waals surface area contributed by atoms with E-state index >= 15 is 0 Å². The number of carbonyl (C=O) groups is 1. The van der Waals surface area contributed by atoms with E-state index in [-0.39, 0.29) is 22.9 Å². The quantitative estimate of drug-likeness (QED) is 0.522. The number of hydrogen-bond acceptors (Lipinski definition) is 3. The van der Waals surface area contributed by atoms with Gasteiger partial charge in [-0.2, -0.15) is 0 Å². The maximum Gasteiger partial charge on any atom is 0.258 e. The summed E-state index contributed by atoms with van der Waals surface area (Å²) in [6.45, 7) is 4.04. The second kappa shape index (κ2) is 9.60. The van der Waals surface area contributed by atoms with Gasteiger partial charge in [-0.25, -0.2) is 17.5 Å². The van der Waals surface area contributed by atoms with Crippen LogP contribution in [0.1, 0.15) is 32.6 Å².